The number of benzene rings is 2. The zero-order valence-electron chi connectivity index (χ0n) is 13.7. The van der Waals surface area contributed by atoms with Crippen molar-refractivity contribution in [3.63, 3.8) is 0 Å². The second-order valence-electron chi connectivity index (χ2n) is 5.43. The van der Waals surface area contributed by atoms with Gasteiger partial charge in [0.05, 0.1) is 10.5 Å². The summed E-state index contributed by atoms with van der Waals surface area (Å²) < 4.78 is 5.06. The normalized spacial score (nSPS) is 11.4. The van der Waals surface area contributed by atoms with Crippen molar-refractivity contribution < 1.29 is 19.2 Å². The average molecular weight is 343 g/mol. The number of nitrogens with one attached hydrogen (secondary N) is 1. The van der Waals surface area contributed by atoms with Gasteiger partial charge >= 0.3 is 5.97 Å². The standard InChI is InChI=1S/C17H17N3O5/c1-10-4-3-5-12(8-10)19-16(21)11(2)25-17(22)14-9-13(20(23)24)6-7-15(14)18/h3-9,11H,18H2,1-2H3,(H,19,21)/t11-/m0/s1. The maximum atomic E-state index is 12.2. The van der Waals surface area contributed by atoms with E-state index in [9.17, 15) is 19.7 Å². The van der Waals surface area contributed by atoms with E-state index in [1.807, 2.05) is 13.0 Å². The van der Waals surface area contributed by atoms with Crippen molar-refractivity contribution in [2.24, 2.45) is 0 Å². The lowest BCUT2D eigenvalue weighted by molar-refractivity contribution is -0.384. The van der Waals surface area contributed by atoms with Crippen LogP contribution in [0.4, 0.5) is 17.1 Å². The monoisotopic (exact) mass is 343 g/mol. The molecule has 3 N–H and O–H groups in total. The molecule has 0 aliphatic rings. The fraction of sp³-hybridized carbons (Fsp3) is 0.176. The van der Waals surface area contributed by atoms with Crippen molar-refractivity contribution in [1.82, 2.24) is 0 Å². The molecular weight excluding hydrogens is 326 g/mol. The molecule has 0 saturated carbocycles. The number of rotatable bonds is 5. The van der Waals surface area contributed by atoms with Crippen LogP contribution in [0, 0.1) is 17.0 Å². The Morgan fingerprint density at radius 3 is 2.60 bits per heavy atom. The third-order valence-electron chi connectivity index (χ3n) is 3.41. The lowest BCUT2D eigenvalue weighted by Gasteiger charge is -2.14. The molecule has 0 aliphatic heterocycles. The summed E-state index contributed by atoms with van der Waals surface area (Å²) in [5.41, 5.74) is 6.77. The lowest BCUT2D eigenvalue weighted by Crippen LogP contribution is -2.30. The van der Waals surface area contributed by atoms with Crippen LogP contribution in [0.1, 0.15) is 22.8 Å². The van der Waals surface area contributed by atoms with E-state index >= 15 is 0 Å². The van der Waals surface area contributed by atoms with Crippen molar-refractivity contribution in [2.75, 3.05) is 11.1 Å². The van der Waals surface area contributed by atoms with Crippen LogP contribution in [0.2, 0.25) is 0 Å². The highest BCUT2D eigenvalue weighted by atomic mass is 16.6. The molecule has 8 heteroatoms. The zero-order chi connectivity index (χ0) is 18.6. The van der Waals surface area contributed by atoms with E-state index in [1.165, 1.54) is 19.1 Å². The number of carbonyl (C=O) groups excluding carboxylic acids is 2. The van der Waals surface area contributed by atoms with Crippen LogP contribution in [0.5, 0.6) is 0 Å². The molecule has 1 amide bonds. The van der Waals surface area contributed by atoms with Crippen molar-refractivity contribution in [3.8, 4) is 0 Å². The first-order valence-electron chi connectivity index (χ1n) is 7.40. The van der Waals surface area contributed by atoms with Crippen LogP contribution in [0.3, 0.4) is 0 Å². The number of nitro benzene ring substituents is 1. The van der Waals surface area contributed by atoms with Crippen LogP contribution in [-0.4, -0.2) is 22.9 Å². The molecule has 2 aromatic rings. The van der Waals surface area contributed by atoms with Crippen molar-refractivity contribution >= 4 is 28.9 Å². The van der Waals surface area contributed by atoms with Gasteiger partial charge in [0.25, 0.3) is 11.6 Å². The number of nitrogens with zero attached hydrogens (tertiary/aromatic N) is 1. The molecule has 2 rings (SSSR count). The van der Waals surface area contributed by atoms with E-state index in [0.29, 0.717) is 5.69 Å². The van der Waals surface area contributed by atoms with E-state index in [1.54, 1.807) is 18.2 Å². The van der Waals surface area contributed by atoms with Gasteiger partial charge in [-0.15, -0.1) is 0 Å². The molecule has 0 saturated heterocycles. The molecule has 0 unspecified atom stereocenters. The number of nitrogens with two attached hydrogens (primary N) is 1. The zero-order valence-corrected chi connectivity index (χ0v) is 13.7. The molecule has 0 aliphatic carbocycles. The number of carbonyl (C=O) groups is 2. The summed E-state index contributed by atoms with van der Waals surface area (Å²) in [6, 6.07) is 10.6. The summed E-state index contributed by atoms with van der Waals surface area (Å²) >= 11 is 0. The van der Waals surface area contributed by atoms with Crippen LogP contribution < -0.4 is 11.1 Å². The SMILES string of the molecule is Cc1cccc(NC(=O)[C@H](C)OC(=O)c2cc([N+](=O)[O-])ccc2N)c1. The molecular formula is C17H17N3O5. The largest absolute Gasteiger partial charge is 0.449 e. The molecule has 0 spiro atoms. The van der Waals surface area contributed by atoms with Crippen molar-refractivity contribution in [2.45, 2.75) is 20.0 Å². The van der Waals surface area contributed by atoms with Crippen LogP contribution in [0.15, 0.2) is 42.5 Å². The third-order valence-corrected chi connectivity index (χ3v) is 3.41. The molecule has 2 aromatic carbocycles. The van der Waals surface area contributed by atoms with E-state index in [-0.39, 0.29) is 16.9 Å². The summed E-state index contributed by atoms with van der Waals surface area (Å²) in [6.45, 7) is 3.28. The van der Waals surface area contributed by atoms with Gasteiger partial charge in [-0.05, 0) is 37.6 Å². The Kier molecular flexibility index (Phi) is 5.33. The Labute approximate surface area is 143 Å². The number of hydrogen-bond acceptors (Lipinski definition) is 6. The summed E-state index contributed by atoms with van der Waals surface area (Å²) in [7, 11) is 0. The number of esters is 1. The van der Waals surface area contributed by atoms with Gasteiger partial charge in [0, 0.05) is 23.5 Å². The number of nitro groups is 1. The maximum Gasteiger partial charge on any atom is 0.341 e. The topological polar surface area (TPSA) is 125 Å². The second kappa shape index (κ2) is 7.43. The summed E-state index contributed by atoms with van der Waals surface area (Å²) in [5.74, 6) is -1.43. The van der Waals surface area contributed by atoms with Crippen molar-refractivity contribution in [1.29, 1.82) is 0 Å². The first-order valence-corrected chi connectivity index (χ1v) is 7.40. The van der Waals surface area contributed by atoms with Gasteiger partial charge in [0.2, 0.25) is 0 Å². The van der Waals surface area contributed by atoms with E-state index in [2.05, 4.69) is 5.32 Å². The molecule has 130 valence electrons. The van der Waals surface area contributed by atoms with Crippen LogP contribution >= 0.6 is 0 Å². The number of hydrogen-bond donors (Lipinski definition) is 2. The Morgan fingerprint density at radius 1 is 1.24 bits per heavy atom. The highest BCUT2D eigenvalue weighted by molar-refractivity contribution is 5.99. The third kappa shape index (κ3) is 4.54. The maximum absolute atomic E-state index is 12.2. The summed E-state index contributed by atoms with van der Waals surface area (Å²) in [4.78, 5) is 34.4. The van der Waals surface area contributed by atoms with E-state index in [0.717, 1.165) is 11.6 Å². The minimum absolute atomic E-state index is 0.0295. The molecule has 0 fully saturated rings. The predicted molar refractivity (Wildman–Crippen MR) is 92.2 cm³/mol. The van der Waals surface area contributed by atoms with E-state index < -0.39 is 22.9 Å². The predicted octanol–water partition coefficient (Wildman–Crippen LogP) is 2.67. The number of amides is 1. The fourth-order valence-electron chi connectivity index (χ4n) is 2.08. The molecule has 1 atom stereocenters. The molecule has 0 aromatic heterocycles. The number of aryl methyl sites for hydroxylation is 1. The highest BCUT2D eigenvalue weighted by Gasteiger charge is 2.22. The number of non-ortho nitro benzene ring substituents is 1. The Hall–Kier alpha value is -3.42. The molecule has 8 nitrogen and oxygen atoms in total. The molecule has 0 heterocycles. The first-order chi connectivity index (χ1) is 11.8. The van der Waals surface area contributed by atoms with Gasteiger partial charge in [-0.2, -0.15) is 0 Å². The first kappa shape index (κ1) is 17.9. The highest BCUT2D eigenvalue weighted by Crippen LogP contribution is 2.21. The Balaban J connectivity index is 2.08. The number of nitrogen functional groups attached to an aromatic ring is 1. The Morgan fingerprint density at radius 2 is 1.96 bits per heavy atom. The minimum Gasteiger partial charge on any atom is -0.449 e. The minimum atomic E-state index is -1.10. The second-order valence-corrected chi connectivity index (χ2v) is 5.43. The molecule has 0 bridgehead atoms. The molecule has 0 radical (unpaired) electrons. The summed E-state index contributed by atoms with van der Waals surface area (Å²) in [6.07, 6.45) is -1.10. The Bertz CT molecular complexity index is 835. The van der Waals surface area contributed by atoms with Crippen LogP contribution in [-0.2, 0) is 9.53 Å². The van der Waals surface area contributed by atoms with Gasteiger partial charge < -0.3 is 15.8 Å². The lowest BCUT2D eigenvalue weighted by atomic mass is 10.1. The molecule has 25 heavy (non-hydrogen) atoms. The number of ether oxygens (including phenoxy) is 1. The van der Waals surface area contributed by atoms with Crippen LogP contribution in [0.25, 0.3) is 0 Å². The van der Waals surface area contributed by atoms with Gasteiger partial charge in [-0.1, -0.05) is 12.1 Å². The van der Waals surface area contributed by atoms with Gasteiger partial charge in [0.15, 0.2) is 6.10 Å². The average Bonchev–Trinajstić information content (AvgIpc) is 2.54. The summed E-state index contributed by atoms with van der Waals surface area (Å²) in [5, 5.41) is 13.4. The fourth-order valence-corrected chi connectivity index (χ4v) is 2.08. The van der Waals surface area contributed by atoms with Crippen molar-refractivity contribution in [3.05, 3.63) is 63.7 Å². The van der Waals surface area contributed by atoms with E-state index in [4.69, 9.17) is 10.5 Å². The van der Waals surface area contributed by atoms with Gasteiger partial charge in [0.1, 0.15) is 0 Å². The smallest absolute Gasteiger partial charge is 0.341 e. The van der Waals surface area contributed by atoms with Gasteiger partial charge in [-0.3, -0.25) is 14.9 Å². The number of anilines is 2. The van der Waals surface area contributed by atoms with Gasteiger partial charge in [-0.25, -0.2) is 4.79 Å². The quantitative estimate of drug-likeness (QED) is 0.372.